The first-order valence-electron chi connectivity index (χ1n) is 10.8. The van der Waals surface area contributed by atoms with Crippen LogP contribution in [0.5, 0.6) is 0 Å². The molecule has 0 unspecified atom stereocenters. The van der Waals surface area contributed by atoms with Crippen molar-refractivity contribution in [2.45, 2.75) is 32.7 Å². The van der Waals surface area contributed by atoms with Crippen molar-refractivity contribution in [2.24, 2.45) is 0 Å². The fraction of sp³-hybridized carbons (Fsp3) is 0.231. The number of amides is 2. The molecule has 5 rings (SSSR count). The molecule has 6 heteroatoms. The van der Waals surface area contributed by atoms with Crippen LogP contribution < -0.4 is 5.32 Å². The number of hydrogen-bond acceptors (Lipinski definition) is 3. The molecule has 4 aromatic rings. The molecule has 1 aliphatic heterocycles. The van der Waals surface area contributed by atoms with Crippen molar-refractivity contribution in [1.82, 2.24) is 9.88 Å². The third kappa shape index (κ3) is 3.84. The molecule has 162 valence electrons. The lowest BCUT2D eigenvalue weighted by atomic mass is 10.0. The molecule has 2 amide bonds. The maximum absolute atomic E-state index is 13.6. The molecule has 2 heterocycles. The highest BCUT2D eigenvalue weighted by Gasteiger charge is 2.33. The van der Waals surface area contributed by atoms with Crippen LogP contribution in [-0.2, 0) is 0 Å². The number of nitrogens with one attached hydrogen (secondary N) is 1. The highest BCUT2D eigenvalue weighted by molar-refractivity contribution is 5.90. The second kappa shape index (κ2) is 8.11. The summed E-state index contributed by atoms with van der Waals surface area (Å²) >= 11 is 0. The Labute approximate surface area is 185 Å². The number of likely N-dealkylation sites (tertiary alicyclic amines) is 1. The Kier molecular flexibility index (Phi) is 5.13. The number of aryl methyl sites for hydroxylation is 2. The van der Waals surface area contributed by atoms with Crippen molar-refractivity contribution in [3.63, 3.8) is 0 Å². The maximum atomic E-state index is 13.6. The lowest BCUT2D eigenvalue weighted by Gasteiger charge is -2.22. The van der Waals surface area contributed by atoms with Gasteiger partial charge in [0.1, 0.15) is 17.4 Å². The monoisotopic (exact) mass is 429 g/mol. The van der Waals surface area contributed by atoms with E-state index in [0.29, 0.717) is 23.6 Å². The number of rotatable bonds is 3. The zero-order valence-electron chi connectivity index (χ0n) is 18.1. The van der Waals surface area contributed by atoms with E-state index < -0.39 is 0 Å². The smallest absolute Gasteiger partial charge is 0.322 e. The number of nitrogens with zero attached hydrogens (tertiary/aromatic N) is 2. The lowest BCUT2D eigenvalue weighted by molar-refractivity contribution is 0.199. The first kappa shape index (κ1) is 20.2. The van der Waals surface area contributed by atoms with Gasteiger partial charge < -0.3 is 14.6 Å². The number of oxazole rings is 1. The molecule has 1 aliphatic rings. The first-order chi connectivity index (χ1) is 15.5. The van der Waals surface area contributed by atoms with E-state index in [4.69, 9.17) is 9.40 Å². The summed E-state index contributed by atoms with van der Waals surface area (Å²) in [6, 6.07) is 18.2. The summed E-state index contributed by atoms with van der Waals surface area (Å²) < 4.78 is 19.7. The summed E-state index contributed by atoms with van der Waals surface area (Å²) in [5, 5.41) is 2.97. The van der Waals surface area contributed by atoms with Gasteiger partial charge in [-0.1, -0.05) is 29.8 Å². The third-order valence-electron chi connectivity index (χ3n) is 6.00. The number of fused-ring (bicyclic) bond motifs is 1. The Balaban J connectivity index is 1.40. The van der Waals surface area contributed by atoms with Crippen LogP contribution in [0.15, 0.2) is 65.1 Å². The minimum absolute atomic E-state index is 0.152. The molecule has 1 saturated heterocycles. The van der Waals surface area contributed by atoms with Gasteiger partial charge in [0.25, 0.3) is 0 Å². The van der Waals surface area contributed by atoms with E-state index in [2.05, 4.69) is 5.32 Å². The molecule has 1 atom stereocenters. The third-order valence-corrected chi connectivity index (χ3v) is 6.00. The Morgan fingerprint density at radius 2 is 1.81 bits per heavy atom. The second-order valence-corrected chi connectivity index (χ2v) is 8.35. The number of carbonyl (C=O) groups is 1. The summed E-state index contributed by atoms with van der Waals surface area (Å²) in [7, 11) is 0. The van der Waals surface area contributed by atoms with Crippen LogP contribution >= 0.6 is 0 Å². The van der Waals surface area contributed by atoms with E-state index in [-0.39, 0.29) is 17.9 Å². The standard InChI is InChI=1S/C26H24FN3O2/c1-16-5-9-20(10-6-16)28-26(31)30-13-3-4-23(30)25-29-22-15-19(8-12-24(22)32-25)18-7-11-21(27)17(2)14-18/h5-12,14-15,23H,3-4,13H2,1-2H3,(H,28,31)/t23-/m0/s1. The zero-order valence-corrected chi connectivity index (χ0v) is 18.1. The normalized spacial score (nSPS) is 16.0. The number of hydrogen-bond donors (Lipinski definition) is 1. The van der Waals surface area contributed by atoms with Crippen LogP contribution in [0.4, 0.5) is 14.9 Å². The molecule has 0 saturated carbocycles. The molecule has 1 N–H and O–H groups in total. The van der Waals surface area contributed by atoms with Crippen molar-refractivity contribution in [1.29, 1.82) is 0 Å². The van der Waals surface area contributed by atoms with Gasteiger partial charge in [-0.15, -0.1) is 0 Å². The topological polar surface area (TPSA) is 58.4 Å². The molecule has 1 aromatic heterocycles. The Bertz CT molecular complexity index is 1300. The van der Waals surface area contributed by atoms with Crippen molar-refractivity contribution >= 4 is 22.8 Å². The highest BCUT2D eigenvalue weighted by Crippen LogP contribution is 2.35. The van der Waals surface area contributed by atoms with Crippen molar-refractivity contribution in [2.75, 3.05) is 11.9 Å². The lowest BCUT2D eigenvalue weighted by Crippen LogP contribution is -2.34. The van der Waals surface area contributed by atoms with Crippen LogP contribution in [0, 0.1) is 19.7 Å². The van der Waals surface area contributed by atoms with E-state index in [1.165, 1.54) is 6.07 Å². The van der Waals surface area contributed by atoms with Gasteiger partial charge in [-0.25, -0.2) is 14.2 Å². The van der Waals surface area contributed by atoms with Gasteiger partial charge in [-0.3, -0.25) is 0 Å². The Morgan fingerprint density at radius 1 is 1.06 bits per heavy atom. The minimum atomic E-state index is -0.219. The van der Waals surface area contributed by atoms with E-state index in [1.807, 2.05) is 55.5 Å². The number of urea groups is 1. The van der Waals surface area contributed by atoms with Gasteiger partial charge in [-0.05, 0) is 79.8 Å². The van der Waals surface area contributed by atoms with Gasteiger partial charge in [0, 0.05) is 12.2 Å². The SMILES string of the molecule is Cc1ccc(NC(=O)N2CCC[C@H]2c2nc3cc(-c4ccc(F)c(C)c4)ccc3o2)cc1. The molecular weight excluding hydrogens is 405 g/mol. The minimum Gasteiger partial charge on any atom is -0.438 e. The molecule has 5 nitrogen and oxygen atoms in total. The number of anilines is 1. The number of benzene rings is 3. The maximum Gasteiger partial charge on any atom is 0.322 e. The molecule has 0 aliphatic carbocycles. The van der Waals surface area contributed by atoms with Crippen LogP contribution in [0.3, 0.4) is 0 Å². The van der Waals surface area contributed by atoms with E-state index in [0.717, 1.165) is 40.7 Å². The number of carbonyl (C=O) groups excluding carboxylic acids is 1. The highest BCUT2D eigenvalue weighted by atomic mass is 19.1. The molecule has 0 spiro atoms. The second-order valence-electron chi connectivity index (χ2n) is 8.35. The summed E-state index contributed by atoms with van der Waals surface area (Å²) in [4.78, 5) is 19.4. The average Bonchev–Trinajstić information content (AvgIpc) is 3.43. The molecule has 32 heavy (non-hydrogen) atoms. The number of aromatic nitrogens is 1. The Hall–Kier alpha value is -3.67. The van der Waals surface area contributed by atoms with Gasteiger partial charge in [0.2, 0.25) is 5.89 Å². The van der Waals surface area contributed by atoms with Gasteiger partial charge in [0.05, 0.1) is 0 Å². The number of halogens is 1. The summed E-state index contributed by atoms with van der Waals surface area (Å²) in [6.45, 7) is 4.42. The average molecular weight is 429 g/mol. The van der Waals surface area contributed by atoms with E-state index in [1.54, 1.807) is 17.9 Å². The van der Waals surface area contributed by atoms with Crippen LogP contribution in [0.1, 0.15) is 35.9 Å². The molecular formula is C26H24FN3O2. The van der Waals surface area contributed by atoms with Crippen molar-refractivity contribution in [3.8, 4) is 11.1 Å². The predicted molar refractivity (Wildman–Crippen MR) is 123 cm³/mol. The van der Waals surface area contributed by atoms with Crippen LogP contribution in [-0.4, -0.2) is 22.5 Å². The molecule has 1 fully saturated rings. The Morgan fingerprint density at radius 3 is 2.59 bits per heavy atom. The van der Waals surface area contributed by atoms with Crippen molar-refractivity contribution in [3.05, 3.63) is 83.5 Å². The fourth-order valence-electron chi connectivity index (χ4n) is 4.19. The fourth-order valence-corrected chi connectivity index (χ4v) is 4.19. The summed E-state index contributed by atoms with van der Waals surface area (Å²) in [5.41, 5.74) is 5.78. The van der Waals surface area contributed by atoms with E-state index in [9.17, 15) is 9.18 Å². The zero-order chi connectivity index (χ0) is 22.2. The summed E-state index contributed by atoms with van der Waals surface area (Å²) in [6.07, 6.45) is 1.70. The van der Waals surface area contributed by atoms with Gasteiger partial charge in [-0.2, -0.15) is 0 Å². The van der Waals surface area contributed by atoms with Crippen LogP contribution in [0.2, 0.25) is 0 Å². The summed E-state index contributed by atoms with van der Waals surface area (Å²) in [5.74, 6) is 0.327. The predicted octanol–water partition coefficient (Wildman–Crippen LogP) is 6.62. The van der Waals surface area contributed by atoms with Crippen LogP contribution in [0.25, 0.3) is 22.2 Å². The molecule has 0 bridgehead atoms. The van der Waals surface area contributed by atoms with Crippen molar-refractivity contribution < 1.29 is 13.6 Å². The van der Waals surface area contributed by atoms with Gasteiger partial charge in [0.15, 0.2) is 5.58 Å². The first-order valence-corrected chi connectivity index (χ1v) is 10.8. The quantitative estimate of drug-likeness (QED) is 0.398. The molecule has 3 aromatic carbocycles. The molecule has 0 radical (unpaired) electrons. The van der Waals surface area contributed by atoms with E-state index >= 15 is 0 Å². The largest absolute Gasteiger partial charge is 0.438 e. The van der Waals surface area contributed by atoms with Gasteiger partial charge >= 0.3 is 6.03 Å².